The first kappa shape index (κ1) is 14.1. The smallest absolute Gasteiger partial charge is 0.335 e. The van der Waals surface area contributed by atoms with E-state index >= 15 is 0 Å². The number of aromatic carboxylic acids is 1. The van der Waals surface area contributed by atoms with E-state index in [2.05, 4.69) is 0 Å². The molecule has 0 spiro atoms. The van der Waals surface area contributed by atoms with Crippen molar-refractivity contribution < 1.29 is 19.7 Å². The number of phenolic OH excluding ortho intramolecular Hbond substituents is 1. The lowest BCUT2D eigenvalue weighted by molar-refractivity contribution is 0.0696. The van der Waals surface area contributed by atoms with E-state index in [9.17, 15) is 9.90 Å². The number of carboxylic acid groups (broad SMARTS) is 1. The molecule has 0 saturated carbocycles. The minimum Gasteiger partial charge on any atom is -0.507 e. The van der Waals surface area contributed by atoms with Gasteiger partial charge in [0.25, 0.3) is 0 Å². The Hall–Kier alpha value is -2.33. The molecule has 0 aliphatic rings. The molecule has 2 aromatic carbocycles. The van der Waals surface area contributed by atoms with Crippen LogP contribution in [0.1, 0.15) is 15.9 Å². The minimum absolute atomic E-state index is 0.0328. The van der Waals surface area contributed by atoms with Crippen molar-refractivity contribution in [1.29, 1.82) is 0 Å². The number of hydrogen-bond acceptors (Lipinski definition) is 3. The van der Waals surface area contributed by atoms with Crippen LogP contribution >= 0.6 is 0 Å². The Balaban J connectivity index is 2.25. The average Bonchev–Trinajstić information content (AvgIpc) is 2.45. The second-order valence-corrected chi connectivity index (χ2v) is 4.48. The van der Waals surface area contributed by atoms with Crippen LogP contribution in [0.3, 0.4) is 0 Å². The molecule has 0 radical (unpaired) electrons. The van der Waals surface area contributed by atoms with Gasteiger partial charge in [0.15, 0.2) is 0 Å². The average molecular weight is 272 g/mol. The molecule has 0 heterocycles. The molecule has 0 aromatic heterocycles. The van der Waals surface area contributed by atoms with Crippen molar-refractivity contribution in [2.45, 2.75) is 6.42 Å². The van der Waals surface area contributed by atoms with Crippen LogP contribution in [-0.2, 0) is 11.2 Å². The molecule has 0 bridgehead atoms. The van der Waals surface area contributed by atoms with Crippen LogP contribution in [0.2, 0.25) is 0 Å². The zero-order valence-corrected chi connectivity index (χ0v) is 11.2. The molecule has 0 unspecified atom stereocenters. The Kier molecular flexibility index (Phi) is 4.38. The van der Waals surface area contributed by atoms with Gasteiger partial charge in [0, 0.05) is 12.7 Å². The van der Waals surface area contributed by atoms with E-state index in [4.69, 9.17) is 9.84 Å². The molecule has 0 fully saturated rings. The van der Waals surface area contributed by atoms with Crippen molar-refractivity contribution in [3.8, 4) is 16.9 Å². The zero-order valence-electron chi connectivity index (χ0n) is 11.2. The predicted molar refractivity (Wildman–Crippen MR) is 76.1 cm³/mol. The number of hydrogen-bond donors (Lipinski definition) is 2. The highest BCUT2D eigenvalue weighted by molar-refractivity contribution is 5.89. The van der Waals surface area contributed by atoms with E-state index in [0.29, 0.717) is 12.2 Å². The Morgan fingerprint density at radius 1 is 1.15 bits per heavy atom. The topological polar surface area (TPSA) is 66.8 Å². The van der Waals surface area contributed by atoms with Crippen molar-refractivity contribution in [3.05, 3.63) is 53.6 Å². The highest BCUT2D eigenvalue weighted by atomic mass is 16.5. The standard InChI is InChI=1S/C16H16O4/c1-20-9-8-11-2-4-12(5-3-11)14-7-6-13(16(18)19)10-15(14)17/h2-7,10,17H,8-9H2,1H3,(H,18,19). The molecule has 0 aliphatic heterocycles. The highest BCUT2D eigenvalue weighted by Gasteiger charge is 2.09. The summed E-state index contributed by atoms with van der Waals surface area (Å²) < 4.78 is 5.02. The van der Waals surface area contributed by atoms with Gasteiger partial charge in [-0.05, 0) is 35.7 Å². The molecule has 0 saturated heterocycles. The quantitative estimate of drug-likeness (QED) is 0.878. The molecule has 0 atom stereocenters. The maximum Gasteiger partial charge on any atom is 0.335 e. The van der Waals surface area contributed by atoms with E-state index in [-0.39, 0.29) is 11.3 Å². The Morgan fingerprint density at radius 3 is 2.40 bits per heavy atom. The van der Waals surface area contributed by atoms with Gasteiger partial charge in [-0.2, -0.15) is 0 Å². The Bertz CT molecular complexity index is 602. The summed E-state index contributed by atoms with van der Waals surface area (Å²) in [6.45, 7) is 0.665. The molecule has 20 heavy (non-hydrogen) atoms. The van der Waals surface area contributed by atoms with E-state index in [1.54, 1.807) is 13.2 Å². The summed E-state index contributed by atoms with van der Waals surface area (Å²) >= 11 is 0. The highest BCUT2D eigenvalue weighted by Crippen LogP contribution is 2.30. The van der Waals surface area contributed by atoms with Gasteiger partial charge in [0.05, 0.1) is 12.2 Å². The number of carbonyl (C=O) groups is 1. The third-order valence-electron chi connectivity index (χ3n) is 3.10. The molecule has 2 aromatic rings. The summed E-state index contributed by atoms with van der Waals surface area (Å²) in [5.74, 6) is -1.09. The van der Waals surface area contributed by atoms with Gasteiger partial charge in [0.2, 0.25) is 0 Å². The molecule has 4 heteroatoms. The lowest BCUT2D eigenvalue weighted by Gasteiger charge is -2.07. The molecule has 104 valence electrons. The molecule has 2 rings (SSSR count). The largest absolute Gasteiger partial charge is 0.507 e. The first-order valence-electron chi connectivity index (χ1n) is 6.26. The van der Waals surface area contributed by atoms with Crippen LogP contribution in [0, 0.1) is 0 Å². The summed E-state index contributed by atoms with van der Waals surface area (Å²) in [6, 6.07) is 12.1. The van der Waals surface area contributed by atoms with Crippen LogP contribution in [0.25, 0.3) is 11.1 Å². The van der Waals surface area contributed by atoms with E-state index in [1.165, 1.54) is 12.1 Å². The van der Waals surface area contributed by atoms with E-state index in [0.717, 1.165) is 17.5 Å². The number of rotatable bonds is 5. The van der Waals surface area contributed by atoms with Crippen molar-refractivity contribution in [3.63, 3.8) is 0 Å². The van der Waals surface area contributed by atoms with Gasteiger partial charge >= 0.3 is 5.97 Å². The molecule has 0 aliphatic carbocycles. The number of phenols is 1. The van der Waals surface area contributed by atoms with Crippen LogP contribution in [0.5, 0.6) is 5.75 Å². The Morgan fingerprint density at radius 2 is 1.85 bits per heavy atom. The number of carboxylic acids is 1. The van der Waals surface area contributed by atoms with Gasteiger partial charge in [-0.15, -0.1) is 0 Å². The molecule has 0 amide bonds. The van der Waals surface area contributed by atoms with Crippen molar-refractivity contribution >= 4 is 5.97 Å². The fourth-order valence-electron chi connectivity index (χ4n) is 1.98. The van der Waals surface area contributed by atoms with Crippen molar-refractivity contribution in [1.82, 2.24) is 0 Å². The first-order valence-corrected chi connectivity index (χ1v) is 6.26. The fourth-order valence-corrected chi connectivity index (χ4v) is 1.98. The number of benzene rings is 2. The van der Waals surface area contributed by atoms with Crippen molar-refractivity contribution in [2.75, 3.05) is 13.7 Å². The maximum atomic E-state index is 10.8. The van der Waals surface area contributed by atoms with E-state index in [1.807, 2.05) is 24.3 Å². The fraction of sp³-hybridized carbons (Fsp3) is 0.188. The molecular weight excluding hydrogens is 256 g/mol. The zero-order chi connectivity index (χ0) is 14.5. The SMILES string of the molecule is COCCc1ccc(-c2ccc(C(=O)O)cc2O)cc1. The summed E-state index contributed by atoms with van der Waals surface area (Å²) in [4.78, 5) is 10.8. The van der Waals surface area contributed by atoms with Gasteiger partial charge in [-0.3, -0.25) is 0 Å². The lowest BCUT2D eigenvalue weighted by Crippen LogP contribution is -1.96. The number of methoxy groups -OCH3 is 1. The second-order valence-electron chi connectivity index (χ2n) is 4.48. The summed E-state index contributed by atoms with van der Waals surface area (Å²) in [5, 5.41) is 18.8. The minimum atomic E-state index is -1.05. The van der Waals surface area contributed by atoms with E-state index < -0.39 is 5.97 Å². The maximum absolute atomic E-state index is 10.8. The normalized spacial score (nSPS) is 10.4. The van der Waals surface area contributed by atoms with Crippen LogP contribution in [0.4, 0.5) is 0 Å². The third-order valence-corrected chi connectivity index (χ3v) is 3.10. The molecular formula is C16H16O4. The number of ether oxygens (including phenoxy) is 1. The number of aromatic hydroxyl groups is 1. The van der Waals surface area contributed by atoms with Crippen LogP contribution in [0.15, 0.2) is 42.5 Å². The van der Waals surface area contributed by atoms with Gasteiger partial charge in [-0.25, -0.2) is 4.79 Å². The van der Waals surface area contributed by atoms with Crippen LogP contribution < -0.4 is 0 Å². The first-order chi connectivity index (χ1) is 9.61. The Labute approximate surface area is 117 Å². The molecule has 2 N–H and O–H groups in total. The van der Waals surface area contributed by atoms with Gasteiger partial charge in [0.1, 0.15) is 5.75 Å². The van der Waals surface area contributed by atoms with Crippen molar-refractivity contribution in [2.24, 2.45) is 0 Å². The lowest BCUT2D eigenvalue weighted by atomic mass is 10.0. The predicted octanol–water partition coefficient (Wildman–Crippen LogP) is 2.95. The summed E-state index contributed by atoms with van der Waals surface area (Å²) in [7, 11) is 1.66. The third kappa shape index (κ3) is 3.16. The second kappa shape index (κ2) is 6.21. The van der Waals surface area contributed by atoms with Crippen LogP contribution in [-0.4, -0.2) is 29.9 Å². The van der Waals surface area contributed by atoms with Gasteiger partial charge < -0.3 is 14.9 Å². The summed E-state index contributed by atoms with van der Waals surface area (Å²) in [6.07, 6.45) is 0.834. The molecule has 4 nitrogen and oxygen atoms in total. The van der Waals surface area contributed by atoms with Gasteiger partial charge in [-0.1, -0.05) is 24.3 Å². The monoisotopic (exact) mass is 272 g/mol. The summed E-state index contributed by atoms with van der Waals surface area (Å²) in [5.41, 5.74) is 2.69.